The molecule has 7 nitrogen and oxygen atoms in total. The van der Waals surface area contributed by atoms with Gasteiger partial charge in [-0.3, -0.25) is 14.4 Å². The number of aliphatic hydroxyl groups excluding tert-OH is 1. The van der Waals surface area contributed by atoms with Gasteiger partial charge in [-0.05, 0) is 50.7 Å². The van der Waals surface area contributed by atoms with E-state index < -0.39 is 28.6 Å². The monoisotopic (exact) mass is 506 g/mol. The summed E-state index contributed by atoms with van der Waals surface area (Å²) in [5.74, 6) is -2.93. The number of para-hydroxylation sites is 1. The second-order valence-electron chi connectivity index (χ2n) is 9.35. The number of benzene rings is 1. The molecule has 0 saturated carbocycles. The van der Waals surface area contributed by atoms with E-state index in [1.54, 1.807) is 21.9 Å². The number of aliphatic carboxylic acids is 1. The molecule has 3 saturated heterocycles. The van der Waals surface area contributed by atoms with Crippen LogP contribution in [0.2, 0.25) is 5.02 Å². The number of likely N-dealkylation sites (tertiary alicyclic amines) is 1. The molecular formula is C25H31ClN2O5S. The number of carboxylic acid groups (broad SMARTS) is 1. The van der Waals surface area contributed by atoms with E-state index >= 15 is 0 Å². The maximum absolute atomic E-state index is 14.3. The number of carboxylic acids is 1. The highest BCUT2D eigenvalue weighted by Crippen LogP contribution is 2.66. The molecule has 2 bridgehead atoms. The number of carbonyl (C=O) groups excluding carboxylic acids is 2. The Hall–Kier alpha value is -2.03. The molecule has 0 radical (unpaired) electrons. The van der Waals surface area contributed by atoms with E-state index in [2.05, 4.69) is 6.58 Å². The molecule has 3 fully saturated rings. The van der Waals surface area contributed by atoms with Crippen molar-refractivity contribution in [1.29, 1.82) is 0 Å². The smallest absolute Gasteiger partial charge is 0.308 e. The molecule has 2 N–H and O–H groups in total. The first-order valence-corrected chi connectivity index (χ1v) is 13.0. The largest absolute Gasteiger partial charge is 0.481 e. The quantitative estimate of drug-likeness (QED) is 0.372. The predicted octanol–water partition coefficient (Wildman–Crippen LogP) is 3.51. The fourth-order valence-electron chi connectivity index (χ4n) is 6.06. The highest BCUT2D eigenvalue weighted by atomic mass is 35.5. The summed E-state index contributed by atoms with van der Waals surface area (Å²) in [6, 6.07) is 4.67. The van der Waals surface area contributed by atoms with E-state index in [-0.39, 0.29) is 30.2 Å². The van der Waals surface area contributed by atoms with Crippen molar-refractivity contribution in [2.24, 2.45) is 11.8 Å². The number of aliphatic hydroxyl groups is 1. The lowest BCUT2D eigenvalue weighted by molar-refractivity contribution is -0.148. The van der Waals surface area contributed by atoms with Gasteiger partial charge in [-0.25, -0.2) is 0 Å². The molecule has 2 unspecified atom stereocenters. The van der Waals surface area contributed by atoms with E-state index in [0.717, 1.165) is 12.0 Å². The molecular weight excluding hydrogens is 476 g/mol. The summed E-state index contributed by atoms with van der Waals surface area (Å²) in [5.41, 5.74) is 1.43. The van der Waals surface area contributed by atoms with Crippen molar-refractivity contribution >= 4 is 46.8 Å². The maximum atomic E-state index is 14.3. The number of amides is 2. The van der Waals surface area contributed by atoms with Crippen molar-refractivity contribution in [3.63, 3.8) is 0 Å². The van der Waals surface area contributed by atoms with Crippen LogP contribution in [0.3, 0.4) is 0 Å². The summed E-state index contributed by atoms with van der Waals surface area (Å²) in [6.45, 7) is 6.36. The van der Waals surface area contributed by atoms with Crippen molar-refractivity contribution in [3.05, 3.63) is 41.4 Å². The van der Waals surface area contributed by atoms with Crippen LogP contribution in [0.25, 0.3) is 0 Å². The Morgan fingerprint density at radius 2 is 2.12 bits per heavy atom. The third-order valence-electron chi connectivity index (χ3n) is 7.41. The Balaban J connectivity index is 1.76. The molecule has 9 heteroatoms. The lowest BCUT2D eigenvalue weighted by Gasteiger charge is -2.37. The van der Waals surface area contributed by atoms with Crippen LogP contribution >= 0.6 is 23.4 Å². The zero-order chi connectivity index (χ0) is 24.6. The Bertz CT molecular complexity index is 983. The summed E-state index contributed by atoms with van der Waals surface area (Å²) in [7, 11) is 0. The first-order chi connectivity index (χ1) is 16.3. The van der Waals surface area contributed by atoms with Crippen LogP contribution in [0.15, 0.2) is 30.9 Å². The zero-order valence-electron chi connectivity index (χ0n) is 19.3. The van der Waals surface area contributed by atoms with Crippen LogP contribution in [-0.2, 0) is 14.4 Å². The average Bonchev–Trinajstić information content (AvgIpc) is 3.43. The van der Waals surface area contributed by atoms with Crippen LogP contribution in [-0.4, -0.2) is 68.6 Å². The van der Waals surface area contributed by atoms with Gasteiger partial charge < -0.3 is 20.0 Å². The van der Waals surface area contributed by atoms with Crippen molar-refractivity contribution < 1.29 is 24.6 Å². The van der Waals surface area contributed by atoms with Gasteiger partial charge in [-0.15, -0.1) is 18.3 Å². The minimum Gasteiger partial charge on any atom is -0.481 e. The number of anilines is 1. The third-order valence-corrected chi connectivity index (χ3v) is 9.67. The van der Waals surface area contributed by atoms with Crippen LogP contribution in [0.4, 0.5) is 5.69 Å². The molecule has 5 atom stereocenters. The Labute approximate surface area is 209 Å². The number of fused-ring (bicyclic) bond motifs is 1. The molecule has 4 rings (SSSR count). The molecule has 3 aliphatic heterocycles. The van der Waals surface area contributed by atoms with Crippen molar-refractivity contribution in [1.82, 2.24) is 4.90 Å². The van der Waals surface area contributed by atoms with Crippen molar-refractivity contribution in [2.45, 2.75) is 55.1 Å². The fourth-order valence-corrected chi connectivity index (χ4v) is 8.59. The van der Waals surface area contributed by atoms with Gasteiger partial charge in [0.05, 0.1) is 27.3 Å². The minimum absolute atomic E-state index is 0.0698. The fraction of sp³-hybridized carbons (Fsp3) is 0.560. The minimum atomic E-state index is -0.962. The molecule has 2 amide bonds. The van der Waals surface area contributed by atoms with Gasteiger partial charge in [0.25, 0.3) is 5.91 Å². The highest BCUT2D eigenvalue weighted by molar-refractivity contribution is 8.02. The second kappa shape index (κ2) is 9.91. The third kappa shape index (κ3) is 3.93. The van der Waals surface area contributed by atoms with E-state index in [1.807, 2.05) is 19.1 Å². The Morgan fingerprint density at radius 3 is 2.76 bits per heavy atom. The van der Waals surface area contributed by atoms with Gasteiger partial charge in [0, 0.05) is 24.9 Å². The number of halogens is 1. The molecule has 34 heavy (non-hydrogen) atoms. The topological polar surface area (TPSA) is 98.2 Å². The van der Waals surface area contributed by atoms with E-state index in [0.29, 0.717) is 42.9 Å². The van der Waals surface area contributed by atoms with Gasteiger partial charge >= 0.3 is 5.97 Å². The number of unbranched alkanes of at least 4 members (excludes halogenated alkanes) is 2. The van der Waals surface area contributed by atoms with Crippen LogP contribution in [0.5, 0.6) is 0 Å². The molecule has 1 aromatic rings. The summed E-state index contributed by atoms with van der Waals surface area (Å²) in [5, 5.41) is 19.4. The number of nitrogens with zero attached hydrogens (tertiary/aromatic N) is 2. The van der Waals surface area contributed by atoms with E-state index in [1.165, 1.54) is 11.8 Å². The summed E-state index contributed by atoms with van der Waals surface area (Å²) < 4.78 is -0.756. The number of hydrogen-bond donors (Lipinski definition) is 2. The van der Waals surface area contributed by atoms with Gasteiger partial charge in [-0.1, -0.05) is 29.8 Å². The Kier molecular flexibility index (Phi) is 7.31. The van der Waals surface area contributed by atoms with Gasteiger partial charge in [-0.2, -0.15) is 0 Å². The first-order valence-electron chi connectivity index (χ1n) is 11.8. The van der Waals surface area contributed by atoms with Gasteiger partial charge in [0.2, 0.25) is 5.91 Å². The number of aryl methyl sites for hydroxylation is 1. The lowest BCUT2D eigenvalue weighted by atomic mass is 9.71. The number of thioether (sulfide) groups is 1. The van der Waals surface area contributed by atoms with Crippen LogP contribution in [0.1, 0.15) is 37.7 Å². The first kappa shape index (κ1) is 25.1. The SMILES string of the molecule is C=CCN(C(=O)C1N(CCCCCO)C(=O)[C@@H]2[C@@H](C(=O)O)[C@H]3CCC12S3)c1c(C)cccc1Cl. The average molecular weight is 507 g/mol. The molecule has 1 spiro atoms. The lowest BCUT2D eigenvalue weighted by Crippen LogP contribution is -2.55. The molecule has 1 aromatic carbocycles. The summed E-state index contributed by atoms with van der Waals surface area (Å²) >= 11 is 8.05. The van der Waals surface area contributed by atoms with Crippen molar-refractivity contribution in [3.8, 4) is 0 Å². The molecule has 3 aliphatic rings. The second-order valence-corrected chi connectivity index (χ2v) is 11.4. The molecule has 3 heterocycles. The van der Waals surface area contributed by atoms with Gasteiger partial charge in [0.1, 0.15) is 6.04 Å². The Morgan fingerprint density at radius 1 is 1.35 bits per heavy atom. The number of hydrogen-bond acceptors (Lipinski definition) is 5. The standard InChI is InChI=1S/C25H31ClN2O5S/c1-3-12-27(20-15(2)8-7-9-16(20)26)23(31)21-25-11-10-17(34-25)18(24(32)33)19(25)22(30)28(21)13-5-4-6-14-29/h3,7-9,17-19,21,29H,1,4-6,10-14H2,2H3,(H,32,33)/t17-,18+,19+,21?,25?/m1/s1. The zero-order valence-corrected chi connectivity index (χ0v) is 20.9. The predicted molar refractivity (Wildman–Crippen MR) is 133 cm³/mol. The summed E-state index contributed by atoms with van der Waals surface area (Å²) in [4.78, 5) is 43.4. The molecule has 0 aromatic heterocycles. The number of rotatable bonds is 10. The van der Waals surface area contributed by atoms with Crippen molar-refractivity contribution in [2.75, 3.05) is 24.6 Å². The molecule has 184 valence electrons. The molecule has 0 aliphatic carbocycles. The highest BCUT2D eigenvalue weighted by Gasteiger charge is 2.74. The van der Waals surface area contributed by atoms with Crippen LogP contribution in [0, 0.1) is 18.8 Å². The normalized spacial score (nSPS) is 29.4. The van der Waals surface area contributed by atoms with Gasteiger partial charge in [0.15, 0.2) is 0 Å². The summed E-state index contributed by atoms with van der Waals surface area (Å²) in [6.07, 6.45) is 4.92. The van der Waals surface area contributed by atoms with Crippen LogP contribution < -0.4 is 4.90 Å². The van der Waals surface area contributed by atoms with E-state index in [9.17, 15) is 19.5 Å². The van der Waals surface area contributed by atoms with E-state index in [4.69, 9.17) is 16.7 Å². The number of carbonyl (C=O) groups is 3. The maximum Gasteiger partial charge on any atom is 0.308 e.